The van der Waals surface area contributed by atoms with E-state index in [1.165, 1.54) is 43.9 Å². The summed E-state index contributed by atoms with van der Waals surface area (Å²) in [5.41, 5.74) is 13.8. The zero-order valence-electron chi connectivity index (χ0n) is 21.1. The van der Waals surface area contributed by atoms with Gasteiger partial charge in [0.2, 0.25) is 0 Å². The predicted octanol–water partition coefficient (Wildman–Crippen LogP) is 7.36. The van der Waals surface area contributed by atoms with Gasteiger partial charge in [0.1, 0.15) is 12.4 Å². The van der Waals surface area contributed by atoms with Crippen molar-refractivity contribution >= 4 is 23.4 Å². The van der Waals surface area contributed by atoms with Gasteiger partial charge in [-0.2, -0.15) is 8.78 Å². The van der Waals surface area contributed by atoms with Gasteiger partial charge in [-0.1, -0.05) is 51.2 Å². The van der Waals surface area contributed by atoms with Gasteiger partial charge in [-0.05, 0) is 79.1 Å². The van der Waals surface area contributed by atoms with E-state index in [1.807, 2.05) is 0 Å². The van der Waals surface area contributed by atoms with Gasteiger partial charge in [0.15, 0.2) is 0 Å². The van der Waals surface area contributed by atoms with Crippen molar-refractivity contribution in [2.45, 2.75) is 77.4 Å². The molecule has 1 aliphatic carbocycles. The van der Waals surface area contributed by atoms with E-state index in [4.69, 9.17) is 20.9 Å². The fraction of sp³-hybridized carbons (Fsp3) is 0.483. The molecule has 0 amide bonds. The fourth-order valence-electron chi connectivity index (χ4n) is 4.73. The second-order valence-electron chi connectivity index (χ2n) is 9.75. The normalized spacial score (nSPS) is 18.3. The third-order valence-electron chi connectivity index (χ3n) is 6.75. The lowest BCUT2D eigenvalue weighted by molar-refractivity contribution is -0.223. The number of rotatable bonds is 12. The summed E-state index contributed by atoms with van der Waals surface area (Å²) in [5, 5.41) is 0. The molecule has 0 bridgehead atoms. The Kier molecular flexibility index (Phi) is 10.1. The van der Waals surface area contributed by atoms with Gasteiger partial charge >= 0.3 is 12.1 Å². The molecule has 0 aliphatic heterocycles. The van der Waals surface area contributed by atoms with E-state index in [2.05, 4.69) is 6.92 Å². The lowest BCUT2D eigenvalue weighted by Crippen LogP contribution is -2.37. The number of hydrogen-bond acceptors (Lipinski definition) is 5. The summed E-state index contributed by atoms with van der Waals surface area (Å²) in [6.07, 6.45) is 8.37. The lowest BCUT2D eigenvalue weighted by atomic mass is 9.79. The molecule has 0 unspecified atom stereocenters. The maximum atomic E-state index is 14.8. The number of unbranched alkanes of at least 4 members (excludes halogenated alkanes) is 3. The molecule has 0 heterocycles. The van der Waals surface area contributed by atoms with Gasteiger partial charge in [-0.15, -0.1) is 0 Å². The zero-order chi connectivity index (χ0) is 26.0. The second-order valence-corrected chi connectivity index (χ2v) is 9.75. The van der Waals surface area contributed by atoms with Crippen LogP contribution in [0.5, 0.6) is 5.75 Å². The summed E-state index contributed by atoms with van der Waals surface area (Å²) in [5.74, 6) is -0.617. The highest BCUT2D eigenvalue weighted by atomic mass is 19.3. The first-order valence-corrected chi connectivity index (χ1v) is 12.9. The standard InChI is InChI=1S/C29H38F2N2O3/c1-2-3-4-5-6-21-7-12-24(13-8-21)29(30,31)36-27-14-9-22(10-15-27)11-16-28(34)35-20-23-17-25(32)19-26(33)18-23/h9-11,14-19,21,24H,2-8,12-13,20,32-33H2,1H3/b16-11+. The summed E-state index contributed by atoms with van der Waals surface area (Å²) in [6, 6.07) is 11.2. The van der Waals surface area contributed by atoms with Crippen LogP contribution in [0.3, 0.4) is 0 Å². The summed E-state index contributed by atoms with van der Waals surface area (Å²) >= 11 is 0. The number of benzene rings is 2. The van der Waals surface area contributed by atoms with Crippen LogP contribution >= 0.6 is 0 Å². The average molecular weight is 501 g/mol. The molecule has 1 fully saturated rings. The van der Waals surface area contributed by atoms with Crippen molar-refractivity contribution in [3.05, 3.63) is 59.7 Å². The number of alkyl halides is 2. The Morgan fingerprint density at radius 3 is 2.31 bits per heavy atom. The van der Waals surface area contributed by atoms with Crippen molar-refractivity contribution < 1.29 is 23.0 Å². The van der Waals surface area contributed by atoms with Gasteiger partial charge in [-0.25, -0.2) is 4.79 Å². The second kappa shape index (κ2) is 13.3. The van der Waals surface area contributed by atoms with Crippen LogP contribution in [0.4, 0.5) is 20.2 Å². The van der Waals surface area contributed by atoms with Crippen LogP contribution in [0.2, 0.25) is 0 Å². The van der Waals surface area contributed by atoms with Crippen molar-refractivity contribution in [1.29, 1.82) is 0 Å². The highest BCUT2D eigenvalue weighted by molar-refractivity contribution is 5.87. The van der Waals surface area contributed by atoms with Crippen molar-refractivity contribution in [3.63, 3.8) is 0 Å². The van der Waals surface area contributed by atoms with E-state index < -0.39 is 18.0 Å². The first-order chi connectivity index (χ1) is 17.2. The number of nitrogen functional groups attached to an aromatic ring is 2. The molecule has 1 saturated carbocycles. The minimum Gasteiger partial charge on any atom is -0.458 e. The molecular weight excluding hydrogens is 462 g/mol. The van der Waals surface area contributed by atoms with E-state index >= 15 is 0 Å². The largest absolute Gasteiger partial charge is 0.458 e. The van der Waals surface area contributed by atoms with E-state index in [0.717, 1.165) is 19.3 Å². The molecule has 0 atom stereocenters. The molecule has 7 heteroatoms. The fourth-order valence-corrected chi connectivity index (χ4v) is 4.73. The first kappa shape index (κ1) is 27.5. The smallest absolute Gasteiger partial charge is 0.400 e. The van der Waals surface area contributed by atoms with Gasteiger partial charge < -0.3 is 20.9 Å². The van der Waals surface area contributed by atoms with Gasteiger partial charge in [0, 0.05) is 17.5 Å². The van der Waals surface area contributed by atoms with Crippen LogP contribution in [0.25, 0.3) is 6.08 Å². The van der Waals surface area contributed by atoms with Gasteiger partial charge in [-0.3, -0.25) is 0 Å². The number of carbonyl (C=O) groups is 1. The topological polar surface area (TPSA) is 87.6 Å². The molecule has 0 radical (unpaired) electrons. The molecule has 2 aromatic rings. The summed E-state index contributed by atoms with van der Waals surface area (Å²) in [6.45, 7) is 2.23. The van der Waals surface area contributed by atoms with E-state index in [1.54, 1.807) is 36.4 Å². The van der Waals surface area contributed by atoms with Crippen molar-refractivity contribution in [1.82, 2.24) is 0 Å². The van der Waals surface area contributed by atoms with Crippen LogP contribution in [-0.4, -0.2) is 12.1 Å². The number of halogens is 2. The maximum Gasteiger partial charge on any atom is 0.400 e. The number of carbonyl (C=O) groups excluding carboxylic acids is 1. The molecule has 0 aromatic heterocycles. The third kappa shape index (κ3) is 8.85. The molecule has 3 rings (SSSR count). The first-order valence-electron chi connectivity index (χ1n) is 12.9. The summed E-state index contributed by atoms with van der Waals surface area (Å²) in [4.78, 5) is 12.0. The Morgan fingerprint density at radius 1 is 1.00 bits per heavy atom. The van der Waals surface area contributed by atoms with Crippen molar-refractivity contribution in [3.8, 4) is 5.75 Å². The van der Waals surface area contributed by atoms with Crippen LogP contribution in [0, 0.1) is 11.8 Å². The molecular formula is C29H38F2N2O3. The molecule has 196 valence electrons. The minimum atomic E-state index is -3.20. The molecule has 0 spiro atoms. The van der Waals surface area contributed by atoms with Gasteiger partial charge in [0.05, 0.1) is 5.92 Å². The highest BCUT2D eigenvalue weighted by Crippen LogP contribution is 2.41. The third-order valence-corrected chi connectivity index (χ3v) is 6.75. The molecule has 1 aliphatic rings. The highest BCUT2D eigenvalue weighted by Gasteiger charge is 2.43. The number of anilines is 2. The van der Waals surface area contributed by atoms with E-state index in [0.29, 0.717) is 41.3 Å². The van der Waals surface area contributed by atoms with Gasteiger partial charge in [0.25, 0.3) is 0 Å². The Labute approximate surface area is 212 Å². The van der Waals surface area contributed by atoms with Crippen LogP contribution < -0.4 is 16.2 Å². The predicted molar refractivity (Wildman–Crippen MR) is 140 cm³/mol. The number of esters is 1. The number of nitrogens with two attached hydrogens (primary N) is 2. The van der Waals surface area contributed by atoms with E-state index in [9.17, 15) is 13.6 Å². The van der Waals surface area contributed by atoms with Crippen LogP contribution in [0.15, 0.2) is 48.5 Å². The Balaban J connectivity index is 1.44. The minimum absolute atomic E-state index is 0.0427. The zero-order valence-corrected chi connectivity index (χ0v) is 21.1. The molecule has 5 nitrogen and oxygen atoms in total. The summed E-state index contributed by atoms with van der Waals surface area (Å²) in [7, 11) is 0. The van der Waals surface area contributed by atoms with Crippen LogP contribution in [-0.2, 0) is 16.1 Å². The van der Waals surface area contributed by atoms with Crippen molar-refractivity contribution in [2.75, 3.05) is 11.5 Å². The summed E-state index contributed by atoms with van der Waals surface area (Å²) < 4.78 is 39.9. The maximum absolute atomic E-state index is 14.8. The van der Waals surface area contributed by atoms with E-state index in [-0.39, 0.29) is 12.4 Å². The van der Waals surface area contributed by atoms with Crippen LogP contribution in [0.1, 0.15) is 75.8 Å². The SMILES string of the molecule is CCCCCCC1CCC(C(F)(F)Oc2ccc(/C=C/C(=O)OCc3cc(N)cc(N)c3)cc2)CC1. The number of hydrogen-bond donors (Lipinski definition) is 2. The number of ether oxygens (including phenoxy) is 2. The lowest BCUT2D eigenvalue weighted by Gasteiger charge is -2.33. The molecule has 2 aromatic carbocycles. The molecule has 4 N–H and O–H groups in total. The molecule has 0 saturated heterocycles. The molecule has 36 heavy (non-hydrogen) atoms. The Bertz CT molecular complexity index is 980. The average Bonchev–Trinajstić information content (AvgIpc) is 2.84. The Hall–Kier alpha value is -3.09. The quantitative estimate of drug-likeness (QED) is 0.138. The monoisotopic (exact) mass is 500 g/mol. The van der Waals surface area contributed by atoms with Crippen molar-refractivity contribution in [2.24, 2.45) is 11.8 Å². The Morgan fingerprint density at radius 2 is 1.67 bits per heavy atom.